The lowest BCUT2D eigenvalue weighted by atomic mass is 10.3. The van der Waals surface area contributed by atoms with E-state index in [0.717, 1.165) is 12.1 Å². The molecule has 0 saturated carbocycles. The van der Waals surface area contributed by atoms with Crippen molar-refractivity contribution < 1.29 is 18.1 Å². The van der Waals surface area contributed by atoms with Crippen LogP contribution in [0.2, 0.25) is 5.02 Å². The number of nitrogens with zero attached hydrogens (tertiary/aromatic N) is 2. The summed E-state index contributed by atoms with van der Waals surface area (Å²) in [6.07, 6.45) is -4.85. The van der Waals surface area contributed by atoms with Crippen molar-refractivity contribution in [1.82, 2.24) is 0 Å². The molecule has 1 aromatic rings. The van der Waals surface area contributed by atoms with Crippen LogP contribution in [0.3, 0.4) is 0 Å². The Morgan fingerprint density at radius 2 is 2.00 bits per heavy atom. The SMILES string of the molecule is O=[N+]([O-])c1cc(Cl)ccc1N=C(Cl)C(F)(F)F. The predicted molar refractivity (Wildman–Crippen MR) is 57.1 cm³/mol. The van der Waals surface area contributed by atoms with Crippen molar-refractivity contribution in [3.8, 4) is 0 Å². The Labute approximate surface area is 103 Å². The average Bonchev–Trinajstić information content (AvgIpc) is 2.18. The molecule has 4 nitrogen and oxygen atoms in total. The first-order chi connectivity index (χ1) is 7.71. The lowest BCUT2D eigenvalue weighted by Crippen LogP contribution is -2.16. The minimum Gasteiger partial charge on any atom is -0.258 e. The van der Waals surface area contributed by atoms with Crippen molar-refractivity contribution in [3.63, 3.8) is 0 Å². The van der Waals surface area contributed by atoms with Crippen LogP contribution < -0.4 is 0 Å². The summed E-state index contributed by atoms with van der Waals surface area (Å²) in [5.74, 6) is 0. The highest BCUT2D eigenvalue weighted by Crippen LogP contribution is 2.32. The molecule has 92 valence electrons. The Bertz CT molecular complexity index is 488. The van der Waals surface area contributed by atoms with Crippen molar-refractivity contribution in [1.29, 1.82) is 0 Å². The van der Waals surface area contributed by atoms with Crippen molar-refractivity contribution >= 4 is 39.7 Å². The van der Waals surface area contributed by atoms with Gasteiger partial charge in [-0.1, -0.05) is 23.2 Å². The number of halogens is 5. The highest BCUT2D eigenvalue weighted by atomic mass is 35.5. The van der Waals surface area contributed by atoms with E-state index in [1.54, 1.807) is 0 Å². The van der Waals surface area contributed by atoms with Gasteiger partial charge in [0, 0.05) is 11.1 Å². The van der Waals surface area contributed by atoms with Gasteiger partial charge in [0.15, 0.2) is 0 Å². The Morgan fingerprint density at radius 1 is 1.41 bits per heavy atom. The van der Waals surface area contributed by atoms with Gasteiger partial charge in [0.25, 0.3) is 5.69 Å². The van der Waals surface area contributed by atoms with Crippen molar-refractivity contribution in [2.24, 2.45) is 4.99 Å². The van der Waals surface area contributed by atoms with Gasteiger partial charge in [-0.25, -0.2) is 4.99 Å². The summed E-state index contributed by atoms with van der Waals surface area (Å²) in [4.78, 5) is 12.6. The summed E-state index contributed by atoms with van der Waals surface area (Å²) in [6.45, 7) is 0. The summed E-state index contributed by atoms with van der Waals surface area (Å²) in [5, 5.41) is 8.88. The number of nitro benzene ring substituents is 1. The molecule has 1 aromatic carbocycles. The molecule has 17 heavy (non-hydrogen) atoms. The van der Waals surface area contributed by atoms with Gasteiger partial charge in [-0.2, -0.15) is 13.2 Å². The summed E-state index contributed by atoms with van der Waals surface area (Å²) < 4.78 is 36.3. The molecule has 0 fully saturated rings. The summed E-state index contributed by atoms with van der Waals surface area (Å²) >= 11 is 10.4. The molecule has 0 spiro atoms. The second-order valence-corrected chi connectivity index (χ2v) is 3.58. The van der Waals surface area contributed by atoms with Crippen LogP contribution in [0.4, 0.5) is 24.5 Å². The first-order valence-electron chi connectivity index (χ1n) is 3.97. The number of benzene rings is 1. The van der Waals surface area contributed by atoms with E-state index in [0.29, 0.717) is 0 Å². The number of alkyl halides is 3. The summed E-state index contributed by atoms with van der Waals surface area (Å²) in [5.41, 5.74) is -1.17. The molecular weight excluding hydrogens is 284 g/mol. The molecule has 0 amide bonds. The maximum atomic E-state index is 12.1. The van der Waals surface area contributed by atoms with Gasteiger partial charge in [-0.05, 0) is 12.1 Å². The fourth-order valence-corrected chi connectivity index (χ4v) is 1.16. The molecule has 1 rings (SSSR count). The van der Waals surface area contributed by atoms with Crippen LogP contribution in [0.25, 0.3) is 0 Å². The topological polar surface area (TPSA) is 55.5 Å². The molecule has 0 aliphatic carbocycles. The normalized spacial score (nSPS) is 12.6. The Balaban J connectivity index is 3.28. The van der Waals surface area contributed by atoms with Crippen molar-refractivity contribution in [2.75, 3.05) is 0 Å². The minimum absolute atomic E-state index is 0.0128. The molecule has 0 saturated heterocycles. The quantitative estimate of drug-likeness (QED) is 0.467. The number of nitro groups is 1. The van der Waals surface area contributed by atoms with E-state index < -0.39 is 27.6 Å². The third-order valence-corrected chi connectivity index (χ3v) is 2.12. The van der Waals surface area contributed by atoms with Crippen LogP contribution in [0, 0.1) is 10.1 Å². The average molecular weight is 287 g/mol. The molecule has 0 aliphatic heterocycles. The van der Waals surface area contributed by atoms with Crippen LogP contribution in [-0.2, 0) is 0 Å². The molecule has 0 aromatic heterocycles. The van der Waals surface area contributed by atoms with E-state index in [-0.39, 0.29) is 5.02 Å². The maximum absolute atomic E-state index is 12.1. The molecule has 0 heterocycles. The zero-order chi connectivity index (χ0) is 13.2. The van der Waals surface area contributed by atoms with Gasteiger partial charge < -0.3 is 0 Å². The molecule has 0 unspecified atom stereocenters. The zero-order valence-corrected chi connectivity index (χ0v) is 9.34. The van der Waals surface area contributed by atoms with Crippen LogP contribution in [-0.4, -0.2) is 16.3 Å². The number of hydrogen-bond donors (Lipinski definition) is 0. The molecule has 9 heteroatoms. The van der Waals surface area contributed by atoms with Crippen molar-refractivity contribution in [2.45, 2.75) is 6.18 Å². The van der Waals surface area contributed by atoms with Crippen LogP contribution in [0.5, 0.6) is 0 Å². The number of rotatable bonds is 2. The molecule has 0 radical (unpaired) electrons. The third kappa shape index (κ3) is 3.57. The first-order valence-corrected chi connectivity index (χ1v) is 4.72. The van der Waals surface area contributed by atoms with Gasteiger partial charge in [0.05, 0.1) is 4.92 Å². The van der Waals surface area contributed by atoms with Gasteiger partial charge >= 0.3 is 6.18 Å². The van der Waals surface area contributed by atoms with Crippen molar-refractivity contribution in [3.05, 3.63) is 33.3 Å². The Hall–Kier alpha value is -1.34. The van der Waals surface area contributed by atoms with Crippen LogP contribution in [0.1, 0.15) is 0 Å². The van der Waals surface area contributed by atoms with Crippen LogP contribution in [0.15, 0.2) is 23.2 Å². The van der Waals surface area contributed by atoms with Crippen LogP contribution >= 0.6 is 23.2 Å². The lowest BCUT2D eigenvalue weighted by Gasteiger charge is -2.03. The lowest BCUT2D eigenvalue weighted by molar-refractivity contribution is -0.384. The Morgan fingerprint density at radius 3 is 2.47 bits per heavy atom. The molecule has 0 bridgehead atoms. The summed E-state index contributed by atoms with van der Waals surface area (Å²) in [7, 11) is 0. The highest BCUT2D eigenvalue weighted by molar-refractivity contribution is 6.67. The number of hydrogen-bond acceptors (Lipinski definition) is 3. The largest absolute Gasteiger partial charge is 0.444 e. The fourth-order valence-electron chi connectivity index (χ4n) is 0.907. The van der Waals surface area contributed by atoms with Gasteiger partial charge in [0.2, 0.25) is 5.17 Å². The van der Waals surface area contributed by atoms with Gasteiger partial charge in [0.1, 0.15) is 5.69 Å². The standard InChI is InChI=1S/C8H3Cl2F3N2O2/c9-4-1-2-5(6(3-4)15(16)17)14-7(10)8(11,12)13/h1-3H. The molecule has 0 N–H and O–H groups in total. The van der Waals surface area contributed by atoms with Gasteiger partial charge in [-0.15, -0.1) is 0 Å². The van der Waals surface area contributed by atoms with E-state index in [1.807, 2.05) is 0 Å². The monoisotopic (exact) mass is 286 g/mol. The molecular formula is C8H3Cl2F3N2O2. The Kier molecular flexibility index (Phi) is 3.94. The van der Waals surface area contributed by atoms with E-state index in [9.17, 15) is 23.3 Å². The highest BCUT2D eigenvalue weighted by Gasteiger charge is 2.35. The second-order valence-electron chi connectivity index (χ2n) is 2.79. The van der Waals surface area contributed by atoms with E-state index in [2.05, 4.69) is 4.99 Å². The third-order valence-electron chi connectivity index (χ3n) is 1.59. The second kappa shape index (κ2) is 4.89. The van der Waals surface area contributed by atoms with E-state index in [4.69, 9.17) is 23.2 Å². The smallest absolute Gasteiger partial charge is 0.258 e. The zero-order valence-electron chi connectivity index (χ0n) is 7.83. The predicted octanol–water partition coefficient (Wildman–Crippen LogP) is 4.08. The number of aliphatic imine (C=N–C) groups is 1. The molecule has 0 aliphatic rings. The molecule has 0 atom stereocenters. The fraction of sp³-hybridized carbons (Fsp3) is 0.125. The first kappa shape index (κ1) is 13.7. The van der Waals surface area contributed by atoms with E-state index >= 15 is 0 Å². The van der Waals surface area contributed by atoms with E-state index in [1.165, 1.54) is 6.07 Å². The summed E-state index contributed by atoms with van der Waals surface area (Å²) in [6, 6.07) is 3.05. The minimum atomic E-state index is -4.85. The maximum Gasteiger partial charge on any atom is 0.444 e. The van der Waals surface area contributed by atoms with Gasteiger partial charge in [-0.3, -0.25) is 10.1 Å².